The van der Waals surface area contributed by atoms with Crippen LogP contribution in [0.2, 0.25) is 0 Å². The molecule has 3 rings (SSSR count). The van der Waals surface area contributed by atoms with Crippen LogP contribution < -0.4 is 0 Å². The fourth-order valence-electron chi connectivity index (χ4n) is 2.47. The summed E-state index contributed by atoms with van der Waals surface area (Å²) in [5, 5.41) is 10.2. The average molecular weight is 246 g/mol. The molecule has 0 unspecified atom stereocenters. The number of fused-ring (bicyclic) bond motifs is 1. The van der Waals surface area contributed by atoms with Gasteiger partial charge in [-0.05, 0) is 18.6 Å². The molecule has 1 aromatic heterocycles. The van der Waals surface area contributed by atoms with Crippen molar-refractivity contribution >= 4 is 10.9 Å². The molecule has 0 aliphatic carbocycles. The molecule has 0 spiro atoms. The highest BCUT2D eigenvalue weighted by Gasteiger charge is 2.07. The lowest BCUT2D eigenvalue weighted by Crippen LogP contribution is -1.97. The van der Waals surface area contributed by atoms with Crippen LogP contribution >= 0.6 is 0 Å². The van der Waals surface area contributed by atoms with E-state index in [0.29, 0.717) is 0 Å². The van der Waals surface area contributed by atoms with Gasteiger partial charge in [-0.1, -0.05) is 48.0 Å². The predicted octanol–water partition coefficient (Wildman–Crippen LogP) is 3.87. The molecule has 2 heteroatoms. The second kappa shape index (κ2) is 4.62. The first-order valence-corrected chi connectivity index (χ1v) is 6.31. The second-order valence-corrected chi connectivity index (χ2v) is 4.79. The molecule has 0 bridgehead atoms. The van der Waals surface area contributed by atoms with Gasteiger partial charge in [0.2, 0.25) is 0 Å². The van der Waals surface area contributed by atoms with Gasteiger partial charge in [0.25, 0.3) is 0 Å². The van der Waals surface area contributed by atoms with Gasteiger partial charge in [0.05, 0.1) is 5.56 Å². The van der Waals surface area contributed by atoms with E-state index in [2.05, 4.69) is 47.9 Å². The lowest BCUT2D eigenvalue weighted by Gasteiger charge is -2.06. The van der Waals surface area contributed by atoms with Gasteiger partial charge in [-0.2, -0.15) is 5.26 Å². The minimum absolute atomic E-state index is 0.739. The van der Waals surface area contributed by atoms with Crippen LogP contribution in [0.3, 0.4) is 0 Å². The van der Waals surface area contributed by atoms with E-state index in [1.165, 1.54) is 11.1 Å². The molecule has 19 heavy (non-hydrogen) atoms. The van der Waals surface area contributed by atoms with Gasteiger partial charge in [0, 0.05) is 23.6 Å². The molecule has 0 N–H and O–H groups in total. The van der Waals surface area contributed by atoms with E-state index in [1.807, 2.05) is 24.4 Å². The maximum Gasteiger partial charge on any atom is 0.101 e. The van der Waals surface area contributed by atoms with Gasteiger partial charge in [0.15, 0.2) is 0 Å². The molecular formula is C17H14N2. The topological polar surface area (TPSA) is 28.7 Å². The smallest absolute Gasteiger partial charge is 0.101 e. The van der Waals surface area contributed by atoms with Gasteiger partial charge >= 0.3 is 0 Å². The second-order valence-electron chi connectivity index (χ2n) is 4.79. The summed E-state index contributed by atoms with van der Waals surface area (Å²) in [6.07, 6.45) is 1.94. The Morgan fingerprint density at radius 1 is 1.11 bits per heavy atom. The Balaban J connectivity index is 2.09. The molecule has 0 saturated heterocycles. The van der Waals surface area contributed by atoms with Gasteiger partial charge in [0.1, 0.15) is 6.07 Å². The van der Waals surface area contributed by atoms with E-state index in [4.69, 9.17) is 0 Å². The van der Waals surface area contributed by atoms with Crippen LogP contribution in [0.1, 0.15) is 16.7 Å². The first-order valence-electron chi connectivity index (χ1n) is 6.31. The molecule has 2 nitrogen and oxygen atoms in total. The Labute approximate surface area is 112 Å². The van der Waals surface area contributed by atoms with Gasteiger partial charge < -0.3 is 4.57 Å². The van der Waals surface area contributed by atoms with Crippen molar-refractivity contribution in [3.8, 4) is 6.07 Å². The van der Waals surface area contributed by atoms with Crippen molar-refractivity contribution in [3.05, 3.63) is 71.4 Å². The van der Waals surface area contributed by atoms with Gasteiger partial charge in [-0.25, -0.2) is 0 Å². The van der Waals surface area contributed by atoms with E-state index in [0.717, 1.165) is 23.0 Å². The third-order valence-electron chi connectivity index (χ3n) is 3.34. The zero-order valence-corrected chi connectivity index (χ0v) is 10.8. The SMILES string of the molecule is Cc1cccc(Cn2cc(C#N)c3ccccc32)c1. The predicted molar refractivity (Wildman–Crippen MR) is 76.9 cm³/mol. The molecular weight excluding hydrogens is 232 g/mol. The standard InChI is InChI=1S/C17H14N2/c1-13-5-4-6-14(9-13)11-19-12-15(10-18)16-7-2-3-8-17(16)19/h2-9,12H,11H2,1H3. The van der Waals surface area contributed by atoms with Crippen molar-refractivity contribution in [3.63, 3.8) is 0 Å². The number of aromatic nitrogens is 1. The quantitative estimate of drug-likeness (QED) is 0.674. The number of nitrogens with zero attached hydrogens (tertiary/aromatic N) is 2. The third kappa shape index (κ3) is 2.11. The summed E-state index contributed by atoms with van der Waals surface area (Å²) >= 11 is 0. The van der Waals surface area contributed by atoms with Crippen LogP contribution in [0.4, 0.5) is 0 Å². The van der Waals surface area contributed by atoms with Crippen molar-refractivity contribution in [2.24, 2.45) is 0 Å². The number of rotatable bonds is 2. The van der Waals surface area contributed by atoms with Crippen LogP contribution in [-0.4, -0.2) is 4.57 Å². The van der Waals surface area contributed by atoms with Crippen molar-refractivity contribution in [2.45, 2.75) is 13.5 Å². The molecule has 0 atom stereocenters. The minimum atomic E-state index is 0.739. The lowest BCUT2D eigenvalue weighted by atomic mass is 10.1. The molecule has 0 amide bonds. The van der Waals surface area contributed by atoms with Crippen molar-refractivity contribution in [2.75, 3.05) is 0 Å². The highest BCUT2D eigenvalue weighted by molar-refractivity contribution is 5.86. The monoisotopic (exact) mass is 246 g/mol. The Kier molecular flexibility index (Phi) is 2.81. The minimum Gasteiger partial charge on any atom is -0.342 e. The molecule has 0 aliphatic heterocycles. The molecule has 0 radical (unpaired) electrons. The molecule has 3 aromatic rings. The van der Waals surface area contributed by atoms with E-state index < -0.39 is 0 Å². The largest absolute Gasteiger partial charge is 0.342 e. The summed E-state index contributed by atoms with van der Waals surface area (Å²) in [6.45, 7) is 2.89. The summed E-state index contributed by atoms with van der Waals surface area (Å²) in [5.74, 6) is 0. The highest BCUT2D eigenvalue weighted by Crippen LogP contribution is 2.21. The number of hydrogen-bond acceptors (Lipinski definition) is 1. The Morgan fingerprint density at radius 3 is 2.74 bits per heavy atom. The average Bonchev–Trinajstić information content (AvgIpc) is 2.77. The van der Waals surface area contributed by atoms with Gasteiger partial charge in [-0.3, -0.25) is 0 Å². The molecule has 92 valence electrons. The van der Waals surface area contributed by atoms with Gasteiger partial charge in [-0.15, -0.1) is 0 Å². The summed E-state index contributed by atoms with van der Waals surface area (Å²) in [6, 6.07) is 18.8. The summed E-state index contributed by atoms with van der Waals surface area (Å²) < 4.78 is 2.14. The van der Waals surface area contributed by atoms with Crippen LogP contribution in [0, 0.1) is 18.3 Å². The number of aryl methyl sites for hydroxylation is 1. The number of para-hydroxylation sites is 1. The van der Waals surface area contributed by atoms with Crippen LogP contribution in [-0.2, 0) is 6.54 Å². The first kappa shape index (κ1) is 11.6. The fourth-order valence-corrected chi connectivity index (χ4v) is 2.47. The summed E-state index contributed by atoms with van der Waals surface area (Å²) in [5.41, 5.74) is 4.36. The highest BCUT2D eigenvalue weighted by atomic mass is 15.0. The van der Waals surface area contributed by atoms with Crippen LogP contribution in [0.5, 0.6) is 0 Å². The fraction of sp³-hybridized carbons (Fsp3) is 0.118. The zero-order valence-electron chi connectivity index (χ0n) is 10.8. The molecule has 2 aromatic carbocycles. The van der Waals surface area contributed by atoms with Crippen molar-refractivity contribution in [1.29, 1.82) is 5.26 Å². The Morgan fingerprint density at radius 2 is 1.95 bits per heavy atom. The summed E-state index contributed by atoms with van der Waals surface area (Å²) in [4.78, 5) is 0. The zero-order chi connectivity index (χ0) is 13.2. The van der Waals surface area contributed by atoms with E-state index in [9.17, 15) is 5.26 Å². The van der Waals surface area contributed by atoms with E-state index in [-0.39, 0.29) is 0 Å². The normalized spacial score (nSPS) is 10.5. The van der Waals surface area contributed by atoms with E-state index in [1.54, 1.807) is 0 Å². The van der Waals surface area contributed by atoms with Crippen LogP contribution in [0.25, 0.3) is 10.9 Å². The van der Waals surface area contributed by atoms with E-state index >= 15 is 0 Å². The Hall–Kier alpha value is -2.53. The summed E-state index contributed by atoms with van der Waals surface area (Å²) in [7, 11) is 0. The molecule has 0 saturated carbocycles. The van der Waals surface area contributed by atoms with Crippen molar-refractivity contribution < 1.29 is 0 Å². The molecule has 0 fully saturated rings. The number of benzene rings is 2. The molecule has 0 aliphatic rings. The maximum absolute atomic E-state index is 9.20. The van der Waals surface area contributed by atoms with Crippen molar-refractivity contribution in [1.82, 2.24) is 4.57 Å². The third-order valence-corrected chi connectivity index (χ3v) is 3.34. The lowest BCUT2D eigenvalue weighted by molar-refractivity contribution is 0.835. The van der Waals surface area contributed by atoms with Crippen LogP contribution in [0.15, 0.2) is 54.7 Å². The maximum atomic E-state index is 9.20. The molecule has 1 heterocycles. The first-order chi connectivity index (χ1) is 9.28. The Bertz CT molecular complexity index is 775. The number of hydrogen-bond donors (Lipinski definition) is 0. The number of nitriles is 1.